The summed E-state index contributed by atoms with van der Waals surface area (Å²) in [4.78, 5) is 2.12. The van der Waals surface area contributed by atoms with Crippen molar-refractivity contribution in [2.45, 2.75) is 51.5 Å². The number of benzene rings is 1. The summed E-state index contributed by atoms with van der Waals surface area (Å²) < 4.78 is 0. The van der Waals surface area contributed by atoms with Crippen LogP contribution in [0.4, 0.5) is 5.69 Å². The van der Waals surface area contributed by atoms with Gasteiger partial charge in [0, 0.05) is 25.8 Å². The molecule has 1 atom stereocenters. The summed E-state index contributed by atoms with van der Waals surface area (Å²) >= 11 is 0. The van der Waals surface area contributed by atoms with Crippen molar-refractivity contribution in [3.63, 3.8) is 0 Å². The van der Waals surface area contributed by atoms with E-state index in [0.29, 0.717) is 0 Å². The number of nitrogens with two attached hydrogens (primary N) is 1. The second-order valence-corrected chi connectivity index (χ2v) is 5.41. The first-order valence-electron chi connectivity index (χ1n) is 7.42. The predicted octanol–water partition coefficient (Wildman–Crippen LogP) is 3.62. The van der Waals surface area contributed by atoms with Crippen LogP contribution in [-0.2, 0) is 0 Å². The van der Waals surface area contributed by atoms with Crippen molar-refractivity contribution < 1.29 is 0 Å². The van der Waals surface area contributed by atoms with E-state index in [1.165, 1.54) is 43.4 Å². The molecule has 108 valence electrons. The van der Waals surface area contributed by atoms with Crippen molar-refractivity contribution in [1.82, 2.24) is 5.43 Å². The molecule has 0 spiro atoms. The van der Waals surface area contributed by atoms with Gasteiger partial charge in [0.2, 0.25) is 0 Å². The number of hydrogen-bond donors (Lipinski definition) is 2. The Kier molecular flexibility index (Phi) is 7.53. The number of nitrogens with one attached hydrogen (secondary N) is 1. The quantitative estimate of drug-likeness (QED) is 0.406. The third-order valence-corrected chi connectivity index (χ3v) is 3.59. The van der Waals surface area contributed by atoms with Crippen molar-refractivity contribution >= 4 is 5.69 Å². The Hall–Kier alpha value is -1.06. The standard InChI is InChI=1S/C16H29N3/c1-4-5-6-7-8-12-16(18-17)14-10-9-11-15(13-14)19(2)3/h9-11,13,16,18H,4-8,12,17H2,1-3H3. The summed E-state index contributed by atoms with van der Waals surface area (Å²) in [6.45, 7) is 2.25. The second kappa shape index (κ2) is 8.94. The van der Waals surface area contributed by atoms with Crippen molar-refractivity contribution in [3.8, 4) is 0 Å². The molecule has 0 aliphatic rings. The second-order valence-electron chi connectivity index (χ2n) is 5.41. The minimum absolute atomic E-state index is 0.265. The van der Waals surface area contributed by atoms with Crippen molar-refractivity contribution in [3.05, 3.63) is 29.8 Å². The Labute approximate surface area is 118 Å². The van der Waals surface area contributed by atoms with E-state index >= 15 is 0 Å². The molecule has 0 saturated heterocycles. The monoisotopic (exact) mass is 263 g/mol. The highest BCUT2D eigenvalue weighted by molar-refractivity contribution is 5.47. The highest BCUT2D eigenvalue weighted by Crippen LogP contribution is 2.23. The first-order chi connectivity index (χ1) is 9.19. The molecule has 3 N–H and O–H groups in total. The predicted molar refractivity (Wildman–Crippen MR) is 84.2 cm³/mol. The molecule has 1 aromatic rings. The van der Waals surface area contributed by atoms with Crippen LogP contribution in [0.15, 0.2) is 24.3 Å². The Morgan fingerprint density at radius 3 is 2.53 bits per heavy atom. The van der Waals surface area contributed by atoms with Gasteiger partial charge in [-0.25, -0.2) is 0 Å². The average molecular weight is 263 g/mol. The highest BCUT2D eigenvalue weighted by atomic mass is 15.2. The number of anilines is 1. The molecule has 3 heteroatoms. The molecular weight excluding hydrogens is 234 g/mol. The van der Waals surface area contributed by atoms with Crippen LogP contribution in [0.5, 0.6) is 0 Å². The zero-order chi connectivity index (χ0) is 14.1. The first-order valence-corrected chi connectivity index (χ1v) is 7.42. The fraction of sp³-hybridized carbons (Fsp3) is 0.625. The normalized spacial score (nSPS) is 12.4. The van der Waals surface area contributed by atoms with Gasteiger partial charge in [0.25, 0.3) is 0 Å². The lowest BCUT2D eigenvalue weighted by Gasteiger charge is -2.19. The molecule has 1 unspecified atom stereocenters. The van der Waals surface area contributed by atoms with Crippen LogP contribution < -0.4 is 16.2 Å². The van der Waals surface area contributed by atoms with Gasteiger partial charge in [-0.3, -0.25) is 11.3 Å². The summed E-state index contributed by atoms with van der Waals surface area (Å²) in [5, 5.41) is 0. The SMILES string of the molecule is CCCCCCCC(NN)c1cccc(N(C)C)c1. The first kappa shape index (κ1) is 16.0. The van der Waals surface area contributed by atoms with Gasteiger partial charge in [0.1, 0.15) is 0 Å². The van der Waals surface area contributed by atoms with Gasteiger partial charge in [-0.15, -0.1) is 0 Å². The topological polar surface area (TPSA) is 41.3 Å². The molecule has 0 aliphatic carbocycles. The highest BCUT2D eigenvalue weighted by Gasteiger charge is 2.10. The number of unbranched alkanes of at least 4 members (excludes halogenated alkanes) is 4. The Morgan fingerprint density at radius 2 is 1.89 bits per heavy atom. The fourth-order valence-corrected chi connectivity index (χ4v) is 2.32. The van der Waals surface area contributed by atoms with Crippen LogP contribution in [0, 0.1) is 0 Å². The van der Waals surface area contributed by atoms with Gasteiger partial charge in [-0.2, -0.15) is 0 Å². The molecule has 0 saturated carbocycles. The van der Waals surface area contributed by atoms with Crippen LogP contribution in [0.3, 0.4) is 0 Å². The average Bonchev–Trinajstić information content (AvgIpc) is 2.43. The molecular formula is C16H29N3. The zero-order valence-electron chi connectivity index (χ0n) is 12.7. The minimum atomic E-state index is 0.265. The number of hydrogen-bond acceptors (Lipinski definition) is 3. The Balaban J connectivity index is 2.51. The molecule has 1 rings (SSSR count). The molecule has 0 fully saturated rings. The fourth-order valence-electron chi connectivity index (χ4n) is 2.32. The van der Waals surface area contributed by atoms with Crippen LogP contribution in [0.2, 0.25) is 0 Å². The lowest BCUT2D eigenvalue weighted by atomic mass is 9.99. The van der Waals surface area contributed by atoms with Gasteiger partial charge in [-0.1, -0.05) is 51.2 Å². The van der Waals surface area contributed by atoms with Gasteiger partial charge in [0.05, 0.1) is 0 Å². The van der Waals surface area contributed by atoms with Crippen molar-refractivity contribution in [2.24, 2.45) is 5.84 Å². The maximum absolute atomic E-state index is 5.71. The van der Waals surface area contributed by atoms with Gasteiger partial charge in [0.15, 0.2) is 0 Å². The van der Waals surface area contributed by atoms with E-state index in [1.54, 1.807) is 0 Å². The minimum Gasteiger partial charge on any atom is -0.378 e. The van der Waals surface area contributed by atoms with E-state index in [2.05, 4.69) is 55.6 Å². The lowest BCUT2D eigenvalue weighted by Crippen LogP contribution is -2.28. The van der Waals surface area contributed by atoms with Crippen LogP contribution >= 0.6 is 0 Å². The number of nitrogens with zero attached hydrogens (tertiary/aromatic N) is 1. The van der Waals surface area contributed by atoms with Gasteiger partial charge in [-0.05, 0) is 24.1 Å². The van der Waals surface area contributed by atoms with Crippen LogP contribution in [0.25, 0.3) is 0 Å². The van der Waals surface area contributed by atoms with Crippen molar-refractivity contribution in [2.75, 3.05) is 19.0 Å². The van der Waals surface area contributed by atoms with E-state index in [-0.39, 0.29) is 6.04 Å². The molecule has 3 nitrogen and oxygen atoms in total. The number of rotatable bonds is 9. The lowest BCUT2D eigenvalue weighted by molar-refractivity contribution is 0.479. The molecule has 0 heterocycles. The molecule has 0 aliphatic heterocycles. The summed E-state index contributed by atoms with van der Waals surface area (Å²) in [6.07, 6.45) is 7.63. The summed E-state index contributed by atoms with van der Waals surface area (Å²) in [5.41, 5.74) is 5.46. The van der Waals surface area contributed by atoms with E-state index in [4.69, 9.17) is 5.84 Å². The van der Waals surface area contributed by atoms with E-state index in [0.717, 1.165) is 6.42 Å². The summed E-state index contributed by atoms with van der Waals surface area (Å²) in [5.74, 6) is 5.71. The summed E-state index contributed by atoms with van der Waals surface area (Å²) in [7, 11) is 4.13. The maximum Gasteiger partial charge on any atom is 0.0460 e. The summed E-state index contributed by atoms with van der Waals surface area (Å²) in [6, 6.07) is 8.87. The third kappa shape index (κ3) is 5.62. The Morgan fingerprint density at radius 1 is 1.16 bits per heavy atom. The van der Waals surface area contributed by atoms with Crippen LogP contribution in [0.1, 0.15) is 57.1 Å². The number of hydrazine groups is 1. The van der Waals surface area contributed by atoms with E-state index < -0.39 is 0 Å². The van der Waals surface area contributed by atoms with Gasteiger partial charge >= 0.3 is 0 Å². The third-order valence-electron chi connectivity index (χ3n) is 3.59. The van der Waals surface area contributed by atoms with E-state index in [1.807, 2.05) is 0 Å². The molecule has 0 aromatic heterocycles. The largest absolute Gasteiger partial charge is 0.378 e. The molecule has 0 radical (unpaired) electrons. The molecule has 19 heavy (non-hydrogen) atoms. The van der Waals surface area contributed by atoms with Crippen LogP contribution in [-0.4, -0.2) is 14.1 Å². The maximum atomic E-state index is 5.71. The van der Waals surface area contributed by atoms with Crippen molar-refractivity contribution in [1.29, 1.82) is 0 Å². The zero-order valence-corrected chi connectivity index (χ0v) is 12.7. The van der Waals surface area contributed by atoms with E-state index in [9.17, 15) is 0 Å². The molecule has 0 bridgehead atoms. The smallest absolute Gasteiger partial charge is 0.0460 e. The Bertz CT molecular complexity index is 350. The molecule has 0 amide bonds. The van der Waals surface area contributed by atoms with Gasteiger partial charge < -0.3 is 4.90 Å². The molecule has 1 aromatic carbocycles.